The minimum atomic E-state index is -0.820. The Labute approximate surface area is 146 Å². The molecule has 1 saturated heterocycles. The van der Waals surface area contributed by atoms with Crippen LogP contribution in [0.25, 0.3) is 0 Å². The highest BCUT2D eigenvalue weighted by Crippen LogP contribution is 2.18. The third-order valence-electron chi connectivity index (χ3n) is 4.31. The zero-order valence-electron chi connectivity index (χ0n) is 13.9. The summed E-state index contributed by atoms with van der Waals surface area (Å²) in [6.07, 6.45) is 0.917. The van der Waals surface area contributed by atoms with Gasteiger partial charge in [-0.05, 0) is 24.6 Å². The van der Waals surface area contributed by atoms with Crippen LogP contribution in [0.5, 0.6) is 0 Å². The van der Waals surface area contributed by atoms with Gasteiger partial charge in [0.25, 0.3) is 0 Å². The molecule has 1 aliphatic heterocycles. The summed E-state index contributed by atoms with van der Waals surface area (Å²) in [4.78, 5) is 20.0. The Bertz CT molecular complexity index is 693. The summed E-state index contributed by atoms with van der Waals surface area (Å²) in [6, 6.07) is 8.68. The first-order valence-electron chi connectivity index (χ1n) is 8.29. The Kier molecular flexibility index (Phi) is 5.48. The van der Waals surface area contributed by atoms with Gasteiger partial charge in [-0.1, -0.05) is 12.1 Å². The van der Waals surface area contributed by atoms with Crippen LogP contribution in [-0.2, 0) is 17.6 Å². The third kappa shape index (κ3) is 4.55. The largest absolute Gasteiger partial charge is 0.481 e. The highest BCUT2D eigenvalue weighted by Gasteiger charge is 2.17. The molecule has 0 amide bonds. The Balaban J connectivity index is 1.45. The van der Waals surface area contributed by atoms with Gasteiger partial charge in [0.15, 0.2) is 0 Å². The van der Waals surface area contributed by atoms with Crippen molar-refractivity contribution in [3.63, 3.8) is 0 Å². The first-order chi connectivity index (χ1) is 11.6. The monoisotopic (exact) mass is 345 g/mol. The van der Waals surface area contributed by atoms with Crippen LogP contribution >= 0.6 is 11.3 Å². The molecular weight excluding hydrogens is 322 g/mol. The topological polar surface area (TPSA) is 56.7 Å². The van der Waals surface area contributed by atoms with Gasteiger partial charge in [0.05, 0.1) is 17.1 Å². The first-order valence-corrected chi connectivity index (χ1v) is 9.17. The Morgan fingerprint density at radius 1 is 1.29 bits per heavy atom. The molecule has 3 rings (SSSR count). The summed E-state index contributed by atoms with van der Waals surface area (Å²) in [5.74, 6) is -0.820. The van der Waals surface area contributed by atoms with Gasteiger partial charge >= 0.3 is 5.97 Å². The number of thiazole rings is 1. The molecular formula is C18H23N3O2S. The van der Waals surface area contributed by atoms with Crippen molar-refractivity contribution in [3.05, 3.63) is 45.9 Å². The van der Waals surface area contributed by atoms with Crippen molar-refractivity contribution in [2.45, 2.75) is 19.8 Å². The van der Waals surface area contributed by atoms with Crippen molar-refractivity contribution < 1.29 is 9.90 Å². The lowest BCUT2D eigenvalue weighted by atomic mass is 10.2. The summed E-state index contributed by atoms with van der Waals surface area (Å²) in [5, 5.41) is 11.7. The van der Waals surface area contributed by atoms with E-state index in [1.165, 1.54) is 11.3 Å². The lowest BCUT2D eigenvalue weighted by Crippen LogP contribution is -2.47. The van der Waals surface area contributed by atoms with Crippen molar-refractivity contribution >= 4 is 23.0 Å². The number of nitrogens with zero attached hydrogens (tertiary/aromatic N) is 3. The molecule has 2 aromatic rings. The summed E-state index contributed by atoms with van der Waals surface area (Å²) in [7, 11) is 0. The maximum Gasteiger partial charge on any atom is 0.309 e. The number of piperazine rings is 1. The van der Waals surface area contributed by atoms with Gasteiger partial charge < -0.3 is 10.0 Å². The number of hydrogen-bond donors (Lipinski definition) is 1. The van der Waals surface area contributed by atoms with Gasteiger partial charge in [0.1, 0.15) is 0 Å². The Morgan fingerprint density at radius 3 is 2.79 bits per heavy atom. The van der Waals surface area contributed by atoms with Crippen LogP contribution in [0.2, 0.25) is 0 Å². The standard InChI is InChI=1S/C18H23N3O2S/c1-14-3-2-4-16(11-14)21-9-7-20(8-10-21)6-5-17-19-15(13-24-17)12-18(22)23/h2-4,11,13H,5-10,12H2,1H3,(H,22,23). The molecule has 1 N–H and O–H groups in total. The molecule has 0 atom stereocenters. The second-order valence-electron chi connectivity index (χ2n) is 6.22. The number of carbonyl (C=O) groups is 1. The number of hydrogen-bond acceptors (Lipinski definition) is 5. The minimum Gasteiger partial charge on any atom is -0.481 e. The molecule has 0 aliphatic carbocycles. The number of aromatic nitrogens is 1. The van der Waals surface area contributed by atoms with Crippen molar-refractivity contribution in [1.82, 2.24) is 9.88 Å². The highest BCUT2D eigenvalue weighted by atomic mass is 32.1. The van der Waals surface area contributed by atoms with E-state index < -0.39 is 5.97 Å². The van der Waals surface area contributed by atoms with E-state index in [4.69, 9.17) is 5.11 Å². The van der Waals surface area contributed by atoms with E-state index in [0.717, 1.165) is 44.2 Å². The fraction of sp³-hybridized carbons (Fsp3) is 0.444. The van der Waals surface area contributed by atoms with Crippen LogP contribution in [0, 0.1) is 6.92 Å². The summed E-state index contributed by atoms with van der Waals surface area (Å²) in [5.41, 5.74) is 3.29. The highest BCUT2D eigenvalue weighted by molar-refractivity contribution is 7.09. The molecule has 0 bridgehead atoms. The van der Waals surface area contributed by atoms with Gasteiger partial charge in [-0.15, -0.1) is 11.3 Å². The molecule has 6 heteroatoms. The number of aliphatic carboxylic acids is 1. The molecule has 1 fully saturated rings. The van der Waals surface area contributed by atoms with Crippen molar-refractivity contribution in [1.29, 1.82) is 0 Å². The zero-order valence-corrected chi connectivity index (χ0v) is 14.8. The van der Waals surface area contributed by atoms with Gasteiger partial charge in [0.2, 0.25) is 0 Å². The van der Waals surface area contributed by atoms with E-state index in [2.05, 4.69) is 46.0 Å². The normalized spacial score (nSPS) is 15.6. The molecule has 0 saturated carbocycles. The second kappa shape index (κ2) is 7.77. The predicted molar refractivity (Wildman–Crippen MR) is 97.0 cm³/mol. The zero-order chi connectivity index (χ0) is 16.9. The maximum absolute atomic E-state index is 10.7. The molecule has 1 aromatic heterocycles. The van der Waals surface area contributed by atoms with Crippen molar-refractivity contribution in [2.24, 2.45) is 0 Å². The van der Waals surface area contributed by atoms with Crippen LogP contribution < -0.4 is 4.90 Å². The molecule has 0 radical (unpaired) electrons. The maximum atomic E-state index is 10.7. The number of anilines is 1. The molecule has 128 valence electrons. The van der Waals surface area contributed by atoms with E-state index in [1.54, 1.807) is 11.3 Å². The average molecular weight is 345 g/mol. The third-order valence-corrected chi connectivity index (χ3v) is 5.27. The van der Waals surface area contributed by atoms with Gasteiger partial charge in [-0.3, -0.25) is 9.69 Å². The predicted octanol–water partition coefficient (Wildman–Crippen LogP) is 2.44. The molecule has 2 heterocycles. The number of aryl methyl sites for hydroxylation is 1. The van der Waals surface area contributed by atoms with Crippen LogP contribution in [0.3, 0.4) is 0 Å². The number of carboxylic acids is 1. The quantitative estimate of drug-likeness (QED) is 0.871. The van der Waals surface area contributed by atoms with Crippen LogP contribution in [-0.4, -0.2) is 53.7 Å². The number of benzene rings is 1. The average Bonchev–Trinajstić information content (AvgIpc) is 3.00. The number of carboxylic acid groups (broad SMARTS) is 1. The van der Waals surface area contributed by atoms with Gasteiger partial charge in [0, 0.05) is 50.2 Å². The lowest BCUT2D eigenvalue weighted by Gasteiger charge is -2.36. The Hall–Kier alpha value is -1.92. The van der Waals surface area contributed by atoms with E-state index >= 15 is 0 Å². The van der Waals surface area contributed by atoms with E-state index in [1.807, 2.05) is 5.38 Å². The van der Waals surface area contributed by atoms with Crippen molar-refractivity contribution in [2.75, 3.05) is 37.6 Å². The van der Waals surface area contributed by atoms with Crippen LogP contribution in [0.15, 0.2) is 29.6 Å². The van der Waals surface area contributed by atoms with E-state index in [0.29, 0.717) is 5.69 Å². The molecule has 1 aromatic carbocycles. The smallest absolute Gasteiger partial charge is 0.309 e. The van der Waals surface area contributed by atoms with Crippen LogP contribution in [0.1, 0.15) is 16.3 Å². The molecule has 0 unspecified atom stereocenters. The van der Waals surface area contributed by atoms with E-state index in [-0.39, 0.29) is 6.42 Å². The minimum absolute atomic E-state index is 0.0195. The molecule has 5 nitrogen and oxygen atoms in total. The van der Waals surface area contributed by atoms with Crippen molar-refractivity contribution in [3.8, 4) is 0 Å². The second-order valence-corrected chi connectivity index (χ2v) is 7.16. The van der Waals surface area contributed by atoms with Crippen LogP contribution in [0.4, 0.5) is 5.69 Å². The van der Waals surface area contributed by atoms with Gasteiger partial charge in [-0.25, -0.2) is 4.98 Å². The molecule has 0 spiro atoms. The number of rotatable bonds is 6. The molecule has 1 aliphatic rings. The summed E-state index contributed by atoms with van der Waals surface area (Å²) >= 11 is 1.57. The fourth-order valence-corrected chi connectivity index (χ4v) is 3.80. The lowest BCUT2D eigenvalue weighted by molar-refractivity contribution is -0.136. The van der Waals surface area contributed by atoms with E-state index in [9.17, 15) is 4.79 Å². The summed E-state index contributed by atoms with van der Waals surface area (Å²) < 4.78 is 0. The summed E-state index contributed by atoms with van der Waals surface area (Å²) in [6.45, 7) is 7.33. The fourth-order valence-electron chi connectivity index (χ4n) is 3.01. The van der Waals surface area contributed by atoms with Gasteiger partial charge in [-0.2, -0.15) is 0 Å². The Morgan fingerprint density at radius 2 is 2.08 bits per heavy atom. The first kappa shape index (κ1) is 16.9. The SMILES string of the molecule is Cc1cccc(N2CCN(CCc3nc(CC(=O)O)cs3)CC2)c1. The molecule has 24 heavy (non-hydrogen) atoms.